The van der Waals surface area contributed by atoms with Gasteiger partial charge >= 0.3 is 0 Å². The second-order valence-corrected chi connectivity index (χ2v) is 4.99. The monoisotopic (exact) mass is 251 g/mol. The van der Waals surface area contributed by atoms with Gasteiger partial charge in [0, 0.05) is 12.6 Å². The van der Waals surface area contributed by atoms with E-state index in [0.29, 0.717) is 6.04 Å². The van der Waals surface area contributed by atoms with E-state index in [0.717, 1.165) is 18.9 Å². The predicted octanol–water partition coefficient (Wildman–Crippen LogP) is 3.55. The van der Waals surface area contributed by atoms with Crippen LogP contribution in [0.3, 0.4) is 0 Å². The molecule has 1 N–H and O–H groups in total. The van der Waals surface area contributed by atoms with E-state index in [-0.39, 0.29) is 0 Å². The molecule has 0 fully saturated rings. The molecule has 104 valence electrons. The number of aromatic nitrogens is 2. The maximum Gasteiger partial charge on any atom is 0.0625 e. The standard InChI is InChI=1S/C15H29N3/c1-6-12(7-2)10-14(16-5)15-11-13(8-3)17-18(15)9-4/h11-12,14,16H,6-10H2,1-5H3. The summed E-state index contributed by atoms with van der Waals surface area (Å²) in [6, 6.07) is 2.70. The summed E-state index contributed by atoms with van der Waals surface area (Å²) in [6.45, 7) is 9.86. The smallest absolute Gasteiger partial charge is 0.0625 e. The van der Waals surface area contributed by atoms with Gasteiger partial charge in [-0.1, -0.05) is 33.6 Å². The van der Waals surface area contributed by atoms with E-state index >= 15 is 0 Å². The van der Waals surface area contributed by atoms with Crippen LogP contribution in [0.25, 0.3) is 0 Å². The molecule has 0 spiro atoms. The Morgan fingerprint density at radius 1 is 1.22 bits per heavy atom. The normalized spacial score (nSPS) is 13.2. The summed E-state index contributed by atoms with van der Waals surface area (Å²) in [5, 5.41) is 8.12. The van der Waals surface area contributed by atoms with Gasteiger partial charge in [0.1, 0.15) is 0 Å². The van der Waals surface area contributed by atoms with Crippen LogP contribution in [0, 0.1) is 5.92 Å². The van der Waals surface area contributed by atoms with Gasteiger partial charge in [0.25, 0.3) is 0 Å². The molecule has 1 rings (SSSR count). The number of aryl methyl sites for hydroxylation is 2. The van der Waals surface area contributed by atoms with Crippen LogP contribution in [0.2, 0.25) is 0 Å². The fourth-order valence-electron chi connectivity index (χ4n) is 2.54. The van der Waals surface area contributed by atoms with Gasteiger partial charge in [-0.15, -0.1) is 0 Å². The minimum atomic E-state index is 0.433. The largest absolute Gasteiger partial charge is 0.312 e. The highest BCUT2D eigenvalue weighted by atomic mass is 15.3. The number of hydrogen-bond donors (Lipinski definition) is 1. The van der Waals surface area contributed by atoms with Gasteiger partial charge in [0.05, 0.1) is 11.4 Å². The lowest BCUT2D eigenvalue weighted by molar-refractivity contribution is 0.370. The Hall–Kier alpha value is -0.830. The first kappa shape index (κ1) is 15.2. The summed E-state index contributed by atoms with van der Waals surface area (Å²) in [4.78, 5) is 0. The summed E-state index contributed by atoms with van der Waals surface area (Å²) >= 11 is 0. The lowest BCUT2D eigenvalue weighted by Crippen LogP contribution is -2.22. The van der Waals surface area contributed by atoms with Crippen molar-refractivity contribution in [3.8, 4) is 0 Å². The Balaban J connectivity index is 2.89. The molecule has 1 unspecified atom stereocenters. The average molecular weight is 251 g/mol. The minimum Gasteiger partial charge on any atom is -0.312 e. The van der Waals surface area contributed by atoms with Crippen LogP contribution in [0.1, 0.15) is 64.4 Å². The van der Waals surface area contributed by atoms with Gasteiger partial charge in [0.15, 0.2) is 0 Å². The summed E-state index contributed by atoms with van der Waals surface area (Å²) < 4.78 is 2.16. The lowest BCUT2D eigenvalue weighted by Gasteiger charge is -2.22. The van der Waals surface area contributed by atoms with Crippen LogP contribution >= 0.6 is 0 Å². The predicted molar refractivity (Wildman–Crippen MR) is 77.8 cm³/mol. The van der Waals surface area contributed by atoms with Gasteiger partial charge in [-0.25, -0.2) is 0 Å². The van der Waals surface area contributed by atoms with E-state index in [1.54, 1.807) is 0 Å². The molecule has 1 aromatic rings. The molecule has 0 aliphatic heterocycles. The van der Waals surface area contributed by atoms with E-state index in [9.17, 15) is 0 Å². The van der Waals surface area contributed by atoms with E-state index in [4.69, 9.17) is 0 Å². The summed E-state index contributed by atoms with van der Waals surface area (Å²) in [5.41, 5.74) is 2.56. The second-order valence-electron chi connectivity index (χ2n) is 4.99. The zero-order valence-electron chi connectivity index (χ0n) is 12.7. The van der Waals surface area contributed by atoms with E-state index in [2.05, 4.69) is 55.9 Å². The molecule has 3 heteroatoms. The van der Waals surface area contributed by atoms with E-state index in [1.165, 1.54) is 30.7 Å². The Kier molecular flexibility index (Phi) is 6.41. The zero-order valence-corrected chi connectivity index (χ0v) is 12.7. The molecular formula is C15H29N3. The van der Waals surface area contributed by atoms with Crippen molar-refractivity contribution in [2.24, 2.45) is 5.92 Å². The van der Waals surface area contributed by atoms with Crippen molar-refractivity contribution in [2.45, 2.75) is 66.0 Å². The summed E-state index contributed by atoms with van der Waals surface area (Å²) in [6.07, 6.45) is 4.74. The van der Waals surface area contributed by atoms with Crippen molar-refractivity contribution in [2.75, 3.05) is 7.05 Å². The first-order valence-corrected chi connectivity index (χ1v) is 7.43. The van der Waals surface area contributed by atoms with Crippen molar-refractivity contribution in [3.63, 3.8) is 0 Å². The van der Waals surface area contributed by atoms with Gasteiger partial charge in [0.2, 0.25) is 0 Å². The topological polar surface area (TPSA) is 29.9 Å². The van der Waals surface area contributed by atoms with Crippen LogP contribution in [-0.4, -0.2) is 16.8 Å². The zero-order chi connectivity index (χ0) is 13.5. The van der Waals surface area contributed by atoms with Crippen LogP contribution < -0.4 is 5.32 Å². The van der Waals surface area contributed by atoms with Crippen molar-refractivity contribution < 1.29 is 0 Å². The van der Waals surface area contributed by atoms with Crippen molar-refractivity contribution in [1.82, 2.24) is 15.1 Å². The molecule has 1 atom stereocenters. The number of rotatable bonds is 8. The molecule has 3 nitrogen and oxygen atoms in total. The van der Waals surface area contributed by atoms with E-state index in [1.807, 2.05) is 0 Å². The van der Waals surface area contributed by atoms with E-state index < -0.39 is 0 Å². The van der Waals surface area contributed by atoms with Crippen LogP contribution in [0.4, 0.5) is 0 Å². The highest BCUT2D eigenvalue weighted by Crippen LogP contribution is 2.25. The maximum atomic E-state index is 4.65. The fourth-order valence-corrected chi connectivity index (χ4v) is 2.54. The Bertz CT molecular complexity index is 340. The molecule has 0 bridgehead atoms. The van der Waals surface area contributed by atoms with Crippen LogP contribution in [0.15, 0.2) is 6.07 Å². The average Bonchev–Trinajstić information content (AvgIpc) is 2.83. The number of nitrogens with zero attached hydrogens (tertiary/aromatic N) is 2. The highest BCUT2D eigenvalue weighted by Gasteiger charge is 2.19. The number of hydrogen-bond acceptors (Lipinski definition) is 2. The first-order chi connectivity index (χ1) is 8.69. The molecule has 1 aromatic heterocycles. The summed E-state index contributed by atoms with van der Waals surface area (Å²) in [7, 11) is 2.06. The molecule has 0 saturated heterocycles. The fraction of sp³-hybridized carbons (Fsp3) is 0.800. The third-order valence-electron chi connectivity index (χ3n) is 3.95. The van der Waals surface area contributed by atoms with Gasteiger partial charge in [-0.2, -0.15) is 5.10 Å². The quantitative estimate of drug-likeness (QED) is 0.765. The minimum absolute atomic E-state index is 0.433. The lowest BCUT2D eigenvalue weighted by atomic mass is 9.93. The SMILES string of the molecule is CCc1cc(C(CC(CC)CC)NC)n(CC)n1. The maximum absolute atomic E-state index is 4.65. The molecule has 0 aliphatic carbocycles. The van der Waals surface area contributed by atoms with Gasteiger partial charge < -0.3 is 5.32 Å². The molecule has 0 amide bonds. The Morgan fingerprint density at radius 3 is 2.33 bits per heavy atom. The third kappa shape index (κ3) is 3.58. The summed E-state index contributed by atoms with van der Waals surface area (Å²) in [5.74, 6) is 0.799. The second kappa shape index (κ2) is 7.57. The van der Waals surface area contributed by atoms with Crippen molar-refractivity contribution in [1.29, 1.82) is 0 Å². The molecule has 18 heavy (non-hydrogen) atoms. The first-order valence-electron chi connectivity index (χ1n) is 7.43. The molecule has 0 aromatic carbocycles. The molecule has 0 saturated carbocycles. The van der Waals surface area contributed by atoms with Gasteiger partial charge in [-0.05, 0) is 38.8 Å². The van der Waals surface area contributed by atoms with Crippen LogP contribution in [0.5, 0.6) is 0 Å². The molecular weight excluding hydrogens is 222 g/mol. The Morgan fingerprint density at radius 2 is 1.89 bits per heavy atom. The highest BCUT2D eigenvalue weighted by molar-refractivity contribution is 5.14. The molecule has 0 radical (unpaired) electrons. The third-order valence-corrected chi connectivity index (χ3v) is 3.95. The Labute approximate surface area is 112 Å². The van der Waals surface area contributed by atoms with Crippen LogP contribution in [-0.2, 0) is 13.0 Å². The van der Waals surface area contributed by atoms with Crippen molar-refractivity contribution in [3.05, 3.63) is 17.5 Å². The molecule has 0 aliphatic rings. The van der Waals surface area contributed by atoms with Crippen molar-refractivity contribution >= 4 is 0 Å². The number of nitrogens with one attached hydrogen (secondary N) is 1. The molecule has 1 heterocycles. The van der Waals surface area contributed by atoms with Gasteiger partial charge in [-0.3, -0.25) is 4.68 Å².